The maximum atomic E-state index is 11.6. The van der Waals surface area contributed by atoms with Gasteiger partial charge in [-0.25, -0.2) is 14.3 Å². The van der Waals surface area contributed by atoms with Gasteiger partial charge in [0.05, 0.1) is 6.20 Å². The first kappa shape index (κ1) is 10.8. The maximum absolute atomic E-state index is 11.6. The highest BCUT2D eigenvalue weighted by molar-refractivity contribution is 5.97. The molecule has 0 aliphatic carbocycles. The smallest absolute Gasteiger partial charge is 0.347 e. The number of hydrogen-bond acceptors (Lipinski definition) is 4. The Bertz CT molecular complexity index is 759. The lowest BCUT2D eigenvalue weighted by atomic mass is 10.1. The molecule has 0 fully saturated rings. The third-order valence-electron chi connectivity index (χ3n) is 2.76. The van der Waals surface area contributed by atoms with Gasteiger partial charge in [-0.1, -0.05) is 24.3 Å². The van der Waals surface area contributed by atoms with Gasteiger partial charge >= 0.3 is 5.69 Å². The van der Waals surface area contributed by atoms with Crippen LogP contribution in [0.15, 0.2) is 35.3 Å². The van der Waals surface area contributed by atoms with E-state index >= 15 is 0 Å². The number of rotatable bonds is 3. The molecule has 3 aromatic rings. The van der Waals surface area contributed by atoms with Gasteiger partial charge in [-0.3, -0.25) is 0 Å². The molecule has 0 unspecified atom stereocenters. The number of fused-ring (bicyclic) bond motifs is 3. The zero-order valence-corrected chi connectivity index (χ0v) is 9.59. The first-order valence-corrected chi connectivity index (χ1v) is 5.62. The average molecular weight is 244 g/mol. The van der Waals surface area contributed by atoms with Crippen LogP contribution in [-0.4, -0.2) is 27.7 Å². The zero-order valence-electron chi connectivity index (χ0n) is 9.59. The fourth-order valence-corrected chi connectivity index (χ4v) is 1.98. The second-order valence-electron chi connectivity index (χ2n) is 3.90. The van der Waals surface area contributed by atoms with Crippen LogP contribution in [0.4, 0.5) is 0 Å². The van der Waals surface area contributed by atoms with E-state index in [1.165, 1.54) is 4.40 Å². The minimum absolute atomic E-state index is 0.284. The molecule has 0 aliphatic heterocycles. The van der Waals surface area contributed by atoms with E-state index in [1.54, 1.807) is 6.20 Å². The van der Waals surface area contributed by atoms with Crippen LogP contribution in [-0.2, 0) is 0 Å². The van der Waals surface area contributed by atoms with Gasteiger partial charge in [0, 0.05) is 17.3 Å². The monoisotopic (exact) mass is 244 g/mol. The molecule has 0 saturated carbocycles. The van der Waals surface area contributed by atoms with E-state index in [4.69, 9.17) is 10.5 Å². The van der Waals surface area contributed by atoms with E-state index in [2.05, 4.69) is 10.2 Å². The van der Waals surface area contributed by atoms with Crippen molar-refractivity contribution in [2.24, 2.45) is 5.73 Å². The lowest BCUT2D eigenvalue weighted by molar-refractivity contribution is 0.330. The molecular formula is C12H12N4O2. The number of H-pyrrole nitrogens is 1. The third-order valence-corrected chi connectivity index (χ3v) is 2.76. The summed E-state index contributed by atoms with van der Waals surface area (Å²) in [5.41, 5.74) is 5.74. The van der Waals surface area contributed by atoms with Gasteiger partial charge in [0.2, 0.25) is 0 Å². The second kappa shape index (κ2) is 4.15. The largest absolute Gasteiger partial charge is 0.490 e. The van der Waals surface area contributed by atoms with Crippen LogP contribution in [0.2, 0.25) is 0 Å². The van der Waals surface area contributed by atoms with Crippen molar-refractivity contribution >= 4 is 16.4 Å². The second-order valence-corrected chi connectivity index (χ2v) is 3.90. The van der Waals surface area contributed by atoms with Crippen molar-refractivity contribution < 1.29 is 4.74 Å². The van der Waals surface area contributed by atoms with Crippen LogP contribution < -0.4 is 16.2 Å². The highest BCUT2D eigenvalue weighted by Gasteiger charge is 2.10. The van der Waals surface area contributed by atoms with E-state index in [0.717, 1.165) is 10.8 Å². The van der Waals surface area contributed by atoms with Crippen molar-refractivity contribution in [2.45, 2.75) is 0 Å². The van der Waals surface area contributed by atoms with Gasteiger partial charge in [0.1, 0.15) is 12.4 Å². The minimum atomic E-state index is -0.284. The molecule has 92 valence electrons. The van der Waals surface area contributed by atoms with E-state index in [9.17, 15) is 4.79 Å². The lowest BCUT2D eigenvalue weighted by Gasteiger charge is -2.09. The quantitative estimate of drug-likeness (QED) is 0.703. The number of nitrogens with zero attached hydrogens (tertiary/aromatic N) is 2. The molecular weight excluding hydrogens is 232 g/mol. The molecule has 1 aromatic carbocycles. The third kappa shape index (κ3) is 1.54. The van der Waals surface area contributed by atoms with Crippen molar-refractivity contribution in [1.82, 2.24) is 14.6 Å². The summed E-state index contributed by atoms with van der Waals surface area (Å²) >= 11 is 0. The molecule has 2 aromatic heterocycles. The van der Waals surface area contributed by atoms with Gasteiger partial charge in [0.15, 0.2) is 5.65 Å². The van der Waals surface area contributed by atoms with Crippen LogP contribution in [0.3, 0.4) is 0 Å². The Morgan fingerprint density at radius 1 is 1.33 bits per heavy atom. The summed E-state index contributed by atoms with van der Waals surface area (Å²) < 4.78 is 7.01. The molecule has 2 heterocycles. The zero-order chi connectivity index (χ0) is 12.5. The standard InChI is InChI=1S/C12H12N4O2/c13-5-6-18-10-7-16-11(14-15-12(16)17)9-4-2-1-3-8(9)10/h1-4,7H,5-6,13H2,(H,15,17). The number of nitrogens with one attached hydrogen (secondary N) is 1. The molecule has 18 heavy (non-hydrogen) atoms. The number of hydrogen-bond donors (Lipinski definition) is 2. The lowest BCUT2D eigenvalue weighted by Crippen LogP contribution is -2.13. The van der Waals surface area contributed by atoms with Crippen molar-refractivity contribution in [1.29, 1.82) is 0 Å². The molecule has 0 saturated heterocycles. The van der Waals surface area contributed by atoms with Crippen molar-refractivity contribution in [3.63, 3.8) is 0 Å². The van der Waals surface area contributed by atoms with Gasteiger partial charge in [0.25, 0.3) is 0 Å². The summed E-state index contributed by atoms with van der Waals surface area (Å²) in [6.07, 6.45) is 1.64. The summed E-state index contributed by atoms with van der Waals surface area (Å²) in [6.45, 7) is 0.828. The topological polar surface area (TPSA) is 85.4 Å². The molecule has 3 rings (SSSR count). The summed E-state index contributed by atoms with van der Waals surface area (Å²) in [7, 11) is 0. The molecule has 0 bridgehead atoms. The Balaban J connectivity index is 2.36. The van der Waals surface area contributed by atoms with Gasteiger partial charge in [-0.15, -0.1) is 0 Å². The Hall–Kier alpha value is -2.34. The van der Waals surface area contributed by atoms with Crippen LogP contribution in [0.25, 0.3) is 16.4 Å². The van der Waals surface area contributed by atoms with Gasteiger partial charge in [-0.05, 0) is 0 Å². The Morgan fingerprint density at radius 2 is 2.11 bits per heavy atom. The number of nitrogens with two attached hydrogens (primary N) is 1. The van der Waals surface area contributed by atoms with Crippen molar-refractivity contribution in [3.05, 3.63) is 40.9 Å². The Morgan fingerprint density at radius 3 is 2.89 bits per heavy atom. The SMILES string of the molecule is NCCOc1cn2c(=O)[nH]nc2c2ccccc12. The molecule has 0 atom stereocenters. The van der Waals surface area contributed by atoms with E-state index < -0.39 is 0 Å². The normalized spacial score (nSPS) is 11.2. The van der Waals surface area contributed by atoms with Crippen molar-refractivity contribution in [2.75, 3.05) is 13.2 Å². The molecule has 6 nitrogen and oxygen atoms in total. The highest BCUT2D eigenvalue weighted by Crippen LogP contribution is 2.27. The van der Waals surface area contributed by atoms with Crippen LogP contribution >= 0.6 is 0 Å². The van der Waals surface area contributed by atoms with Crippen LogP contribution in [0.5, 0.6) is 5.75 Å². The Kier molecular flexibility index (Phi) is 2.49. The fourth-order valence-electron chi connectivity index (χ4n) is 1.98. The van der Waals surface area contributed by atoms with E-state index in [-0.39, 0.29) is 5.69 Å². The first-order valence-electron chi connectivity index (χ1n) is 5.62. The number of benzene rings is 1. The first-order chi connectivity index (χ1) is 8.81. The number of aromatic amines is 1. The van der Waals surface area contributed by atoms with E-state index in [1.807, 2.05) is 24.3 Å². The summed E-state index contributed by atoms with van der Waals surface area (Å²) in [6, 6.07) is 7.65. The molecule has 6 heteroatoms. The molecule has 0 radical (unpaired) electrons. The minimum Gasteiger partial charge on any atom is -0.490 e. The fraction of sp³-hybridized carbons (Fsp3) is 0.167. The predicted molar refractivity (Wildman–Crippen MR) is 67.9 cm³/mol. The van der Waals surface area contributed by atoms with Crippen LogP contribution in [0.1, 0.15) is 0 Å². The molecule has 0 amide bonds. The number of aromatic nitrogens is 3. The summed E-state index contributed by atoms with van der Waals surface area (Å²) in [4.78, 5) is 11.6. The van der Waals surface area contributed by atoms with Gasteiger partial charge < -0.3 is 10.5 Å². The number of ether oxygens (including phenoxy) is 1. The summed E-state index contributed by atoms with van der Waals surface area (Å²) in [5.74, 6) is 0.632. The maximum Gasteiger partial charge on any atom is 0.347 e. The molecule has 3 N–H and O–H groups in total. The van der Waals surface area contributed by atoms with E-state index in [0.29, 0.717) is 24.5 Å². The summed E-state index contributed by atoms with van der Waals surface area (Å²) in [5, 5.41) is 8.22. The van der Waals surface area contributed by atoms with Gasteiger partial charge in [-0.2, -0.15) is 5.10 Å². The molecule has 0 spiro atoms. The van der Waals surface area contributed by atoms with Crippen LogP contribution in [0, 0.1) is 0 Å². The van der Waals surface area contributed by atoms with Crippen molar-refractivity contribution in [3.8, 4) is 5.75 Å². The number of pyridine rings is 1. The predicted octanol–water partition coefficient (Wildman–Crippen LogP) is 0.513. The molecule has 0 aliphatic rings. The Labute approximate surface area is 102 Å². The highest BCUT2D eigenvalue weighted by atomic mass is 16.5. The average Bonchev–Trinajstić information content (AvgIpc) is 2.78.